The Kier molecular flexibility index (Phi) is 2.95. The van der Waals surface area contributed by atoms with Gasteiger partial charge in [0.15, 0.2) is 0 Å². The topological polar surface area (TPSA) is 79.0 Å². The van der Waals surface area contributed by atoms with E-state index in [-0.39, 0.29) is 21.9 Å². The van der Waals surface area contributed by atoms with Crippen LogP contribution >= 0.6 is 10.7 Å². The van der Waals surface area contributed by atoms with Crippen LogP contribution in [0.15, 0.2) is 17.2 Å². The second-order valence-corrected chi connectivity index (χ2v) is 7.25. The van der Waals surface area contributed by atoms with E-state index in [1.54, 1.807) is 0 Å². The Hall–Kier alpha value is -1.01. The first-order valence-electron chi connectivity index (χ1n) is 5.21. The molecule has 7 heteroatoms. The van der Waals surface area contributed by atoms with Crippen molar-refractivity contribution < 1.29 is 13.2 Å². The third kappa shape index (κ3) is 3.01. The molecule has 0 atom stereocenters. The Bertz CT molecular complexity index is 546. The van der Waals surface area contributed by atoms with E-state index in [0.717, 1.165) is 12.8 Å². The summed E-state index contributed by atoms with van der Waals surface area (Å²) in [6.07, 6.45) is 3.43. The molecule has 2 rings (SSSR count). The zero-order chi connectivity index (χ0) is 12.7. The van der Waals surface area contributed by atoms with Gasteiger partial charge in [0.25, 0.3) is 15.0 Å². The van der Waals surface area contributed by atoms with E-state index in [0.29, 0.717) is 6.54 Å². The first kappa shape index (κ1) is 12.4. The van der Waals surface area contributed by atoms with Gasteiger partial charge in [-0.1, -0.05) is 6.92 Å². The predicted octanol–water partition coefficient (Wildman–Crippen LogP) is 1.47. The van der Waals surface area contributed by atoms with Crippen molar-refractivity contribution in [1.29, 1.82) is 0 Å². The molecule has 0 aromatic carbocycles. The van der Waals surface area contributed by atoms with Crippen molar-refractivity contribution in [3.05, 3.63) is 18.0 Å². The Labute approximate surface area is 104 Å². The molecule has 1 aromatic rings. The largest absolute Gasteiger partial charge is 0.356 e. The minimum absolute atomic E-state index is 0.0954. The number of aromatic nitrogens is 1. The number of H-pyrrole nitrogens is 1. The molecular weight excluding hydrogens is 264 g/mol. The van der Waals surface area contributed by atoms with Crippen LogP contribution in [0, 0.1) is 5.41 Å². The lowest BCUT2D eigenvalue weighted by Crippen LogP contribution is -2.29. The molecule has 1 aliphatic rings. The van der Waals surface area contributed by atoms with E-state index in [1.165, 1.54) is 12.3 Å². The normalized spacial score (nSPS) is 17.8. The monoisotopic (exact) mass is 276 g/mol. The van der Waals surface area contributed by atoms with Crippen molar-refractivity contribution in [2.24, 2.45) is 5.41 Å². The smallest absolute Gasteiger partial charge is 0.267 e. The van der Waals surface area contributed by atoms with Crippen LogP contribution in [0.2, 0.25) is 0 Å². The molecule has 0 aliphatic heterocycles. The van der Waals surface area contributed by atoms with Gasteiger partial charge in [-0.15, -0.1) is 0 Å². The molecule has 0 unspecified atom stereocenters. The molecule has 1 aromatic heterocycles. The minimum Gasteiger partial charge on any atom is -0.356 e. The van der Waals surface area contributed by atoms with E-state index in [2.05, 4.69) is 17.2 Å². The lowest BCUT2D eigenvalue weighted by atomic mass is 10.1. The number of amides is 1. The molecule has 1 aliphatic carbocycles. The molecule has 94 valence electrons. The van der Waals surface area contributed by atoms with Crippen LogP contribution in [0.4, 0.5) is 0 Å². The predicted molar refractivity (Wildman–Crippen MR) is 63.5 cm³/mol. The molecule has 1 amide bonds. The van der Waals surface area contributed by atoms with Crippen molar-refractivity contribution in [1.82, 2.24) is 10.3 Å². The van der Waals surface area contributed by atoms with Gasteiger partial charge in [0, 0.05) is 23.4 Å². The molecule has 17 heavy (non-hydrogen) atoms. The highest BCUT2D eigenvalue weighted by Crippen LogP contribution is 2.44. The standard InChI is InChI=1S/C10H13ClN2O3S/c1-10(2-3-10)6-13-9(14)8-4-7(5-12-8)17(11,15)16/h4-5,12H,2-3,6H2,1H3,(H,13,14). The average molecular weight is 277 g/mol. The summed E-state index contributed by atoms with van der Waals surface area (Å²) in [6.45, 7) is 2.70. The van der Waals surface area contributed by atoms with E-state index in [4.69, 9.17) is 10.7 Å². The molecular formula is C10H13ClN2O3S. The van der Waals surface area contributed by atoms with Gasteiger partial charge in [-0.05, 0) is 24.3 Å². The Morgan fingerprint density at radius 1 is 1.59 bits per heavy atom. The summed E-state index contributed by atoms with van der Waals surface area (Å²) in [5.74, 6) is -0.315. The number of aromatic amines is 1. The second-order valence-electron chi connectivity index (χ2n) is 4.68. The Balaban J connectivity index is 2.02. The number of carbonyl (C=O) groups is 1. The zero-order valence-electron chi connectivity index (χ0n) is 9.29. The number of nitrogens with one attached hydrogen (secondary N) is 2. The molecule has 0 saturated heterocycles. The van der Waals surface area contributed by atoms with E-state index >= 15 is 0 Å². The summed E-state index contributed by atoms with van der Waals surface area (Å²) in [5, 5.41) is 2.76. The van der Waals surface area contributed by atoms with E-state index in [1.807, 2.05) is 0 Å². The highest BCUT2D eigenvalue weighted by Gasteiger charge is 2.37. The number of halogens is 1. The van der Waals surface area contributed by atoms with Crippen molar-refractivity contribution >= 4 is 25.6 Å². The first-order valence-corrected chi connectivity index (χ1v) is 7.52. The number of hydrogen-bond donors (Lipinski definition) is 2. The highest BCUT2D eigenvalue weighted by atomic mass is 35.7. The maximum Gasteiger partial charge on any atom is 0.267 e. The van der Waals surface area contributed by atoms with Crippen molar-refractivity contribution in [2.75, 3.05) is 6.54 Å². The highest BCUT2D eigenvalue weighted by molar-refractivity contribution is 8.13. The van der Waals surface area contributed by atoms with Crippen LogP contribution in [0.5, 0.6) is 0 Å². The van der Waals surface area contributed by atoms with Gasteiger partial charge >= 0.3 is 0 Å². The van der Waals surface area contributed by atoms with Crippen LogP contribution in [0.25, 0.3) is 0 Å². The van der Waals surface area contributed by atoms with Gasteiger partial charge in [-0.3, -0.25) is 4.79 Å². The molecule has 0 spiro atoms. The summed E-state index contributed by atoms with van der Waals surface area (Å²) in [5.41, 5.74) is 0.414. The number of rotatable bonds is 4. The lowest BCUT2D eigenvalue weighted by molar-refractivity contribution is 0.0941. The fourth-order valence-corrected chi connectivity index (χ4v) is 2.15. The quantitative estimate of drug-likeness (QED) is 0.818. The van der Waals surface area contributed by atoms with E-state index in [9.17, 15) is 13.2 Å². The molecule has 1 heterocycles. The molecule has 5 nitrogen and oxygen atoms in total. The third-order valence-electron chi connectivity index (χ3n) is 2.96. The van der Waals surface area contributed by atoms with Gasteiger partial charge in [0.1, 0.15) is 10.6 Å². The van der Waals surface area contributed by atoms with Gasteiger partial charge in [-0.2, -0.15) is 0 Å². The van der Waals surface area contributed by atoms with Gasteiger partial charge < -0.3 is 10.3 Å². The molecule has 2 N–H and O–H groups in total. The number of carbonyl (C=O) groups excluding carboxylic acids is 1. The van der Waals surface area contributed by atoms with Gasteiger partial charge in [0.05, 0.1) is 0 Å². The van der Waals surface area contributed by atoms with E-state index < -0.39 is 9.05 Å². The maximum atomic E-state index is 11.7. The summed E-state index contributed by atoms with van der Waals surface area (Å²) in [7, 11) is 1.37. The molecule has 0 radical (unpaired) electrons. The van der Waals surface area contributed by atoms with Crippen LogP contribution in [0.1, 0.15) is 30.3 Å². The van der Waals surface area contributed by atoms with Gasteiger partial charge in [-0.25, -0.2) is 8.42 Å². The fourth-order valence-electron chi connectivity index (χ4n) is 1.43. The Morgan fingerprint density at radius 3 is 2.71 bits per heavy atom. The van der Waals surface area contributed by atoms with Crippen LogP contribution in [-0.2, 0) is 9.05 Å². The van der Waals surface area contributed by atoms with Crippen LogP contribution < -0.4 is 5.32 Å². The summed E-state index contributed by atoms with van der Waals surface area (Å²) in [6, 6.07) is 1.23. The summed E-state index contributed by atoms with van der Waals surface area (Å²) in [4.78, 5) is 14.2. The van der Waals surface area contributed by atoms with Gasteiger partial charge in [0.2, 0.25) is 0 Å². The van der Waals surface area contributed by atoms with Crippen molar-refractivity contribution in [3.8, 4) is 0 Å². The van der Waals surface area contributed by atoms with Crippen molar-refractivity contribution in [2.45, 2.75) is 24.7 Å². The SMILES string of the molecule is CC1(CNC(=O)c2cc(S(=O)(=O)Cl)c[nH]2)CC1. The van der Waals surface area contributed by atoms with Crippen molar-refractivity contribution in [3.63, 3.8) is 0 Å². The fraction of sp³-hybridized carbons (Fsp3) is 0.500. The molecule has 1 fully saturated rings. The summed E-state index contributed by atoms with van der Waals surface area (Å²) < 4.78 is 22.0. The first-order chi connectivity index (χ1) is 7.80. The Morgan fingerprint density at radius 2 is 2.24 bits per heavy atom. The van der Waals surface area contributed by atoms with Crippen LogP contribution in [-0.4, -0.2) is 25.9 Å². The molecule has 0 bridgehead atoms. The maximum absolute atomic E-state index is 11.7. The lowest BCUT2D eigenvalue weighted by Gasteiger charge is -2.08. The average Bonchev–Trinajstić information content (AvgIpc) is 2.79. The zero-order valence-corrected chi connectivity index (χ0v) is 10.9. The summed E-state index contributed by atoms with van der Waals surface area (Å²) >= 11 is 0. The van der Waals surface area contributed by atoms with Crippen LogP contribution in [0.3, 0.4) is 0 Å². The minimum atomic E-state index is -3.79. The second kappa shape index (κ2) is 4.03. The molecule has 1 saturated carbocycles. The number of hydrogen-bond acceptors (Lipinski definition) is 3. The third-order valence-corrected chi connectivity index (χ3v) is 4.30.